The third-order valence-corrected chi connectivity index (χ3v) is 4.32. The van der Waals surface area contributed by atoms with Crippen molar-refractivity contribution in [2.75, 3.05) is 20.6 Å². The van der Waals surface area contributed by atoms with Gasteiger partial charge < -0.3 is 14.5 Å². The number of nitrogens with one attached hydrogen (secondary N) is 1. The maximum Gasteiger partial charge on any atom is 0.178 e. The van der Waals surface area contributed by atoms with Gasteiger partial charge in [-0.25, -0.2) is 4.39 Å². The molecule has 2 aromatic rings. The number of nitrogens with zero attached hydrogens (tertiary/aromatic N) is 2. The lowest BCUT2D eigenvalue weighted by molar-refractivity contribution is 0.272. The molecule has 3 nitrogen and oxygen atoms in total. The van der Waals surface area contributed by atoms with E-state index in [1.807, 2.05) is 14.1 Å². The lowest BCUT2D eigenvalue weighted by Gasteiger charge is -2.26. The summed E-state index contributed by atoms with van der Waals surface area (Å²) in [6, 6.07) is 3.52. The van der Waals surface area contributed by atoms with E-state index in [9.17, 15) is 4.39 Å². The van der Waals surface area contributed by atoms with Crippen molar-refractivity contribution in [1.29, 1.82) is 0 Å². The van der Waals surface area contributed by atoms with Crippen LogP contribution >= 0.6 is 28.1 Å². The topological polar surface area (TPSA) is 24.0 Å². The molecular formula is C14H19BrFN3S. The average Bonchev–Trinajstić information content (AvgIpc) is 2.62. The van der Waals surface area contributed by atoms with Gasteiger partial charge in [-0.1, -0.05) is 13.8 Å². The van der Waals surface area contributed by atoms with Gasteiger partial charge in [0.25, 0.3) is 0 Å². The second-order valence-corrected chi connectivity index (χ2v) is 6.90. The summed E-state index contributed by atoms with van der Waals surface area (Å²) in [5, 5.41) is 0. The minimum atomic E-state index is -0.283. The molecule has 0 spiro atoms. The van der Waals surface area contributed by atoms with E-state index in [1.54, 1.807) is 6.07 Å². The Morgan fingerprint density at radius 1 is 1.40 bits per heavy atom. The first-order valence-electron chi connectivity index (χ1n) is 6.55. The molecule has 0 saturated carbocycles. The fourth-order valence-electron chi connectivity index (χ4n) is 2.41. The molecule has 0 aliphatic rings. The van der Waals surface area contributed by atoms with Gasteiger partial charge in [0.2, 0.25) is 0 Å². The minimum Gasteiger partial charge on any atom is -0.330 e. The highest BCUT2D eigenvalue weighted by molar-refractivity contribution is 9.10. The second-order valence-electron chi connectivity index (χ2n) is 5.66. The van der Waals surface area contributed by atoms with E-state index in [0.717, 1.165) is 17.6 Å². The quantitative estimate of drug-likeness (QED) is 0.820. The van der Waals surface area contributed by atoms with Crippen molar-refractivity contribution in [3.8, 4) is 0 Å². The highest BCUT2D eigenvalue weighted by Crippen LogP contribution is 2.28. The predicted molar refractivity (Wildman–Crippen MR) is 87.2 cm³/mol. The van der Waals surface area contributed by atoms with Gasteiger partial charge in [0.05, 0.1) is 21.5 Å². The third-order valence-electron chi connectivity index (χ3n) is 3.41. The van der Waals surface area contributed by atoms with Crippen LogP contribution in [0.4, 0.5) is 4.39 Å². The van der Waals surface area contributed by atoms with Gasteiger partial charge in [0.1, 0.15) is 5.82 Å². The van der Waals surface area contributed by atoms with Crippen LogP contribution in [-0.4, -0.2) is 35.1 Å². The van der Waals surface area contributed by atoms with Crippen molar-refractivity contribution in [2.45, 2.75) is 19.9 Å². The highest BCUT2D eigenvalue weighted by Gasteiger charge is 2.20. The largest absolute Gasteiger partial charge is 0.330 e. The molecule has 6 heteroatoms. The van der Waals surface area contributed by atoms with Crippen molar-refractivity contribution in [3.05, 3.63) is 27.2 Å². The van der Waals surface area contributed by atoms with Crippen LogP contribution in [-0.2, 0) is 0 Å². The van der Waals surface area contributed by atoms with E-state index in [0.29, 0.717) is 15.2 Å². The van der Waals surface area contributed by atoms with Crippen molar-refractivity contribution in [2.24, 2.45) is 5.92 Å². The Labute approximate surface area is 131 Å². The minimum absolute atomic E-state index is 0.239. The van der Waals surface area contributed by atoms with Gasteiger partial charge in [0, 0.05) is 12.6 Å². The van der Waals surface area contributed by atoms with Crippen LogP contribution in [0.2, 0.25) is 0 Å². The number of hydrogen-bond donors (Lipinski definition) is 1. The van der Waals surface area contributed by atoms with Gasteiger partial charge in [-0.15, -0.1) is 0 Å². The summed E-state index contributed by atoms with van der Waals surface area (Å²) in [4.78, 5) is 5.24. The first-order chi connectivity index (χ1) is 9.31. The van der Waals surface area contributed by atoms with E-state index in [2.05, 4.69) is 44.2 Å². The maximum absolute atomic E-state index is 13.6. The number of H-pyrrole nitrogens is 1. The number of hydrogen-bond acceptors (Lipinski definition) is 2. The first-order valence-corrected chi connectivity index (χ1v) is 7.75. The Morgan fingerprint density at radius 2 is 2.05 bits per heavy atom. The van der Waals surface area contributed by atoms with Gasteiger partial charge in [-0.2, -0.15) is 0 Å². The molecule has 0 radical (unpaired) electrons. The molecule has 1 heterocycles. The highest BCUT2D eigenvalue weighted by atomic mass is 79.9. The third kappa shape index (κ3) is 2.97. The smallest absolute Gasteiger partial charge is 0.178 e. The number of imidazole rings is 1. The number of aromatic amines is 1. The summed E-state index contributed by atoms with van der Waals surface area (Å²) >= 11 is 8.69. The van der Waals surface area contributed by atoms with E-state index in [1.165, 1.54) is 6.07 Å². The lowest BCUT2D eigenvalue weighted by atomic mass is 10.0. The monoisotopic (exact) mass is 359 g/mol. The van der Waals surface area contributed by atoms with Crippen LogP contribution in [0.1, 0.15) is 19.9 Å². The molecular weight excluding hydrogens is 341 g/mol. The Balaban J connectivity index is 2.65. The predicted octanol–water partition coefficient (Wildman–Crippen LogP) is 4.36. The number of fused-ring (bicyclic) bond motifs is 1. The number of aromatic nitrogens is 2. The maximum atomic E-state index is 13.6. The molecule has 0 aliphatic heterocycles. The first kappa shape index (κ1) is 15.7. The van der Waals surface area contributed by atoms with Crippen LogP contribution in [0, 0.1) is 16.5 Å². The Kier molecular flexibility index (Phi) is 4.66. The molecule has 1 N–H and O–H groups in total. The van der Waals surface area contributed by atoms with E-state index >= 15 is 0 Å². The fourth-order valence-corrected chi connectivity index (χ4v) is 3.09. The Morgan fingerprint density at radius 3 is 2.60 bits per heavy atom. The van der Waals surface area contributed by atoms with Crippen LogP contribution in [0.25, 0.3) is 11.0 Å². The van der Waals surface area contributed by atoms with Crippen molar-refractivity contribution in [1.82, 2.24) is 14.5 Å². The summed E-state index contributed by atoms with van der Waals surface area (Å²) in [7, 11) is 4.09. The normalized spacial score (nSPS) is 13.6. The molecule has 0 aliphatic carbocycles. The zero-order valence-electron chi connectivity index (χ0n) is 12.1. The van der Waals surface area contributed by atoms with Crippen molar-refractivity contribution >= 4 is 39.2 Å². The number of rotatable bonds is 4. The molecule has 1 aromatic heterocycles. The fraction of sp³-hybridized carbons (Fsp3) is 0.500. The van der Waals surface area contributed by atoms with Crippen LogP contribution in [0.3, 0.4) is 0 Å². The van der Waals surface area contributed by atoms with E-state index in [-0.39, 0.29) is 11.9 Å². The number of halogens is 2. The molecule has 20 heavy (non-hydrogen) atoms. The Hall–Kier alpha value is -0.720. The number of benzene rings is 1. The molecule has 2 rings (SSSR count). The zero-order chi connectivity index (χ0) is 15.0. The molecule has 0 bridgehead atoms. The van der Waals surface area contributed by atoms with Crippen LogP contribution in [0.5, 0.6) is 0 Å². The molecule has 0 fully saturated rings. The number of likely N-dealkylation sites (N-methyl/N-ethyl adjacent to an activating group) is 1. The molecule has 0 amide bonds. The summed E-state index contributed by atoms with van der Waals surface area (Å²) in [6.07, 6.45) is 0. The van der Waals surface area contributed by atoms with Gasteiger partial charge in [-0.05, 0) is 54.2 Å². The SMILES string of the molecule is CC(C)C(CN(C)C)n1c(=S)[nH]c2cc(F)c(Br)cc21. The molecule has 0 saturated heterocycles. The van der Waals surface area contributed by atoms with Gasteiger partial charge in [-0.3, -0.25) is 0 Å². The summed E-state index contributed by atoms with van der Waals surface area (Å²) in [5.41, 5.74) is 1.67. The average molecular weight is 360 g/mol. The zero-order valence-corrected chi connectivity index (χ0v) is 14.5. The van der Waals surface area contributed by atoms with Crippen LogP contribution < -0.4 is 0 Å². The van der Waals surface area contributed by atoms with Gasteiger partial charge >= 0.3 is 0 Å². The molecule has 110 valence electrons. The summed E-state index contributed by atoms with van der Waals surface area (Å²) in [5.74, 6) is 0.140. The van der Waals surface area contributed by atoms with Crippen molar-refractivity contribution < 1.29 is 4.39 Å². The van der Waals surface area contributed by atoms with Gasteiger partial charge in [0.15, 0.2) is 4.77 Å². The molecule has 1 atom stereocenters. The summed E-state index contributed by atoms with van der Waals surface area (Å²) in [6.45, 7) is 5.23. The second kappa shape index (κ2) is 5.95. The van der Waals surface area contributed by atoms with Crippen LogP contribution in [0.15, 0.2) is 16.6 Å². The standard InChI is InChI=1S/C14H19BrFN3S/c1-8(2)13(7-18(3)4)19-12-5-9(15)10(16)6-11(12)17-14(19)20/h5-6,8,13H,7H2,1-4H3,(H,17,20). The summed E-state index contributed by atoms with van der Waals surface area (Å²) < 4.78 is 16.8. The lowest BCUT2D eigenvalue weighted by Crippen LogP contribution is -2.28. The Bertz CT molecular complexity index is 675. The van der Waals surface area contributed by atoms with E-state index in [4.69, 9.17) is 12.2 Å². The molecule has 1 aromatic carbocycles. The van der Waals surface area contributed by atoms with Crippen molar-refractivity contribution in [3.63, 3.8) is 0 Å². The van der Waals surface area contributed by atoms with E-state index < -0.39 is 0 Å². The molecule has 1 unspecified atom stereocenters.